The number of benzene rings is 1. The summed E-state index contributed by atoms with van der Waals surface area (Å²) in [7, 11) is 4.04. The van der Waals surface area contributed by atoms with Crippen molar-refractivity contribution in [3.63, 3.8) is 0 Å². The Kier molecular flexibility index (Phi) is 5.54. The fourth-order valence-corrected chi connectivity index (χ4v) is 4.15. The van der Waals surface area contributed by atoms with Crippen LogP contribution in [0.25, 0.3) is 10.6 Å². The number of amides is 1. The van der Waals surface area contributed by atoms with Crippen LogP contribution in [0.2, 0.25) is 5.02 Å². The van der Waals surface area contributed by atoms with E-state index in [1.165, 1.54) is 11.3 Å². The van der Waals surface area contributed by atoms with Crippen LogP contribution < -0.4 is 0 Å². The molecule has 6 heteroatoms. The molecule has 2 aromatic rings. The average molecular weight is 364 g/mol. The Bertz CT molecular complexity index is 710. The van der Waals surface area contributed by atoms with Crippen molar-refractivity contribution in [3.05, 3.63) is 40.4 Å². The van der Waals surface area contributed by atoms with E-state index in [2.05, 4.69) is 16.9 Å². The maximum atomic E-state index is 12.6. The van der Waals surface area contributed by atoms with E-state index in [4.69, 9.17) is 11.6 Å². The Balaban J connectivity index is 1.64. The number of nitrogens with zero attached hydrogens (tertiary/aromatic N) is 3. The molecular weight excluding hydrogens is 342 g/mol. The quantitative estimate of drug-likeness (QED) is 0.833. The maximum absolute atomic E-state index is 12.6. The standard InChI is InChI=1S/C18H22ClN3OS/c1-21-9-7-14(8-10-21)22(2)17(23)11-13-12-24-18(20-13)15-5-3-4-6-16(15)19/h3-6,12,14H,7-11H2,1-2H3. The Morgan fingerprint density at radius 1 is 1.38 bits per heavy atom. The third kappa shape index (κ3) is 3.97. The molecule has 0 aliphatic carbocycles. The van der Waals surface area contributed by atoms with Crippen LogP contribution in [0.4, 0.5) is 0 Å². The SMILES string of the molecule is CN1CCC(N(C)C(=O)Cc2csc(-c3ccccc3Cl)n2)CC1. The zero-order valence-corrected chi connectivity index (χ0v) is 15.6. The van der Waals surface area contributed by atoms with Crippen molar-refractivity contribution in [1.82, 2.24) is 14.8 Å². The van der Waals surface area contributed by atoms with Crippen LogP contribution in [-0.4, -0.2) is 53.9 Å². The lowest BCUT2D eigenvalue weighted by Crippen LogP contribution is -2.45. The van der Waals surface area contributed by atoms with Crippen LogP contribution in [0.5, 0.6) is 0 Å². The van der Waals surface area contributed by atoms with Crippen LogP contribution in [0.3, 0.4) is 0 Å². The van der Waals surface area contributed by atoms with Gasteiger partial charge in [0, 0.05) is 24.0 Å². The summed E-state index contributed by atoms with van der Waals surface area (Å²) in [5.74, 6) is 0.139. The van der Waals surface area contributed by atoms with E-state index in [1.54, 1.807) is 0 Å². The Morgan fingerprint density at radius 3 is 2.79 bits per heavy atom. The van der Waals surface area contributed by atoms with Crippen molar-refractivity contribution in [2.45, 2.75) is 25.3 Å². The van der Waals surface area contributed by atoms with E-state index in [-0.39, 0.29) is 5.91 Å². The van der Waals surface area contributed by atoms with Crippen LogP contribution >= 0.6 is 22.9 Å². The summed E-state index contributed by atoms with van der Waals surface area (Å²) in [6.45, 7) is 2.10. The molecule has 1 saturated heterocycles. The highest BCUT2D eigenvalue weighted by Gasteiger charge is 2.24. The topological polar surface area (TPSA) is 36.4 Å². The second-order valence-electron chi connectivity index (χ2n) is 6.34. The van der Waals surface area contributed by atoms with Gasteiger partial charge >= 0.3 is 0 Å². The highest BCUT2D eigenvalue weighted by atomic mass is 35.5. The molecule has 1 aromatic carbocycles. The molecule has 1 aliphatic rings. The minimum atomic E-state index is 0.139. The number of piperidine rings is 1. The number of halogens is 1. The predicted octanol–water partition coefficient (Wildman–Crippen LogP) is 3.56. The number of aromatic nitrogens is 1. The molecule has 2 heterocycles. The maximum Gasteiger partial charge on any atom is 0.228 e. The van der Waals surface area contributed by atoms with Crippen LogP contribution in [0.15, 0.2) is 29.6 Å². The highest BCUT2D eigenvalue weighted by Crippen LogP contribution is 2.30. The first kappa shape index (κ1) is 17.4. The second kappa shape index (κ2) is 7.64. The number of likely N-dealkylation sites (N-methyl/N-ethyl adjacent to an activating group) is 1. The predicted molar refractivity (Wildman–Crippen MR) is 99.6 cm³/mol. The number of hydrogen-bond donors (Lipinski definition) is 0. The molecule has 1 fully saturated rings. The van der Waals surface area contributed by atoms with E-state index in [0.29, 0.717) is 17.5 Å². The number of rotatable bonds is 4. The fourth-order valence-electron chi connectivity index (χ4n) is 3.01. The van der Waals surface area contributed by atoms with E-state index in [1.807, 2.05) is 41.6 Å². The minimum absolute atomic E-state index is 0.139. The highest BCUT2D eigenvalue weighted by molar-refractivity contribution is 7.13. The van der Waals surface area contributed by atoms with Gasteiger partial charge in [-0.05, 0) is 39.0 Å². The molecule has 0 unspecified atom stereocenters. The number of carbonyl (C=O) groups excluding carboxylic acids is 1. The zero-order valence-electron chi connectivity index (χ0n) is 14.0. The summed E-state index contributed by atoms with van der Waals surface area (Å²) >= 11 is 7.76. The molecule has 24 heavy (non-hydrogen) atoms. The van der Waals surface area contributed by atoms with Crippen molar-refractivity contribution < 1.29 is 4.79 Å². The van der Waals surface area contributed by atoms with E-state index < -0.39 is 0 Å². The molecule has 0 atom stereocenters. The third-order valence-corrected chi connectivity index (χ3v) is 5.87. The van der Waals surface area contributed by atoms with Crippen molar-refractivity contribution in [1.29, 1.82) is 0 Å². The largest absolute Gasteiger partial charge is 0.342 e. The summed E-state index contributed by atoms with van der Waals surface area (Å²) in [5, 5.41) is 3.51. The molecule has 4 nitrogen and oxygen atoms in total. The smallest absolute Gasteiger partial charge is 0.228 e. The van der Waals surface area contributed by atoms with Gasteiger partial charge < -0.3 is 9.80 Å². The second-order valence-corrected chi connectivity index (χ2v) is 7.61. The van der Waals surface area contributed by atoms with Gasteiger partial charge in [0.1, 0.15) is 5.01 Å². The van der Waals surface area contributed by atoms with Gasteiger partial charge in [-0.2, -0.15) is 0 Å². The normalized spacial score (nSPS) is 16.3. The zero-order chi connectivity index (χ0) is 17.1. The van der Waals surface area contributed by atoms with Crippen molar-refractivity contribution in [3.8, 4) is 10.6 Å². The molecule has 0 radical (unpaired) electrons. The molecule has 0 spiro atoms. The summed E-state index contributed by atoms with van der Waals surface area (Å²) < 4.78 is 0. The van der Waals surface area contributed by atoms with Crippen LogP contribution in [0.1, 0.15) is 18.5 Å². The van der Waals surface area contributed by atoms with E-state index in [9.17, 15) is 4.79 Å². The van der Waals surface area contributed by atoms with Gasteiger partial charge in [-0.25, -0.2) is 4.98 Å². The minimum Gasteiger partial charge on any atom is -0.342 e. The van der Waals surface area contributed by atoms with E-state index in [0.717, 1.165) is 42.2 Å². The summed E-state index contributed by atoms with van der Waals surface area (Å²) in [6.07, 6.45) is 2.44. The molecular formula is C18H22ClN3OS. The molecule has 1 amide bonds. The third-order valence-electron chi connectivity index (χ3n) is 4.62. The van der Waals surface area contributed by atoms with Crippen molar-refractivity contribution >= 4 is 28.8 Å². The van der Waals surface area contributed by atoms with Crippen LogP contribution in [0, 0.1) is 0 Å². The monoisotopic (exact) mass is 363 g/mol. The van der Waals surface area contributed by atoms with Gasteiger partial charge in [0.15, 0.2) is 0 Å². The number of carbonyl (C=O) groups is 1. The number of hydrogen-bond acceptors (Lipinski definition) is 4. The lowest BCUT2D eigenvalue weighted by Gasteiger charge is -2.35. The molecule has 128 valence electrons. The lowest BCUT2D eigenvalue weighted by molar-refractivity contribution is -0.132. The first-order valence-corrected chi connectivity index (χ1v) is 9.44. The van der Waals surface area contributed by atoms with Gasteiger partial charge in [0.05, 0.1) is 17.1 Å². The average Bonchev–Trinajstić information content (AvgIpc) is 3.03. The molecule has 3 rings (SSSR count). The van der Waals surface area contributed by atoms with Gasteiger partial charge in [-0.1, -0.05) is 29.8 Å². The molecule has 1 aromatic heterocycles. The first-order chi connectivity index (χ1) is 11.5. The fraction of sp³-hybridized carbons (Fsp3) is 0.444. The molecule has 0 N–H and O–H groups in total. The van der Waals surface area contributed by atoms with Gasteiger partial charge in [0.2, 0.25) is 5.91 Å². The molecule has 0 saturated carbocycles. The van der Waals surface area contributed by atoms with Gasteiger partial charge in [-0.3, -0.25) is 4.79 Å². The Labute approximate surface area is 152 Å². The number of thiazole rings is 1. The van der Waals surface area contributed by atoms with Crippen molar-refractivity contribution in [2.75, 3.05) is 27.2 Å². The lowest BCUT2D eigenvalue weighted by atomic mass is 10.0. The summed E-state index contributed by atoms with van der Waals surface area (Å²) in [5.41, 5.74) is 1.74. The Hall–Kier alpha value is -1.43. The summed E-state index contributed by atoms with van der Waals surface area (Å²) in [6, 6.07) is 8.01. The first-order valence-electron chi connectivity index (χ1n) is 8.18. The Morgan fingerprint density at radius 2 is 2.08 bits per heavy atom. The van der Waals surface area contributed by atoms with Crippen LogP contribution in [-0.2, 0) is 11.2 Å². The van der Waals surface area contributed by atoms with Crippen molar-refractivity contribution in [2.24, 2.45) is 0 Å². The van der Waals surface area contributed by atoms with Gasteiger partial charge in [-0.15, -0.1) is 11.3 Å². The van der Waals surface area contributed by atoms with E-state index >= 15 is 0 Å². The molecule has 0 bridgehead atoms. The molecule has 1 aliphatic heterocycles. The summed E-state index contributed by atoms with van der Waals surface area (Å²) in [4.78, 5) is 21.4. The van der Waals surface area contributed by atoms with Gasteiger partial charge in [0.25, 0.3) is 0 Å². The number of likely N-dealkylation sites (tertiary alicyclic amines) is 1.